The summed E-state index contributed by atoms with van der Waals surface area (Å²) in [6.45, 7) is 1.31. The van der Waals surface area contributed by atoms with Crippen molar-refractivity contribution in [3.8, 4) is 17.2 Å². The molecule has 136 valence electrons. The summed E-state index contributed by atoms with van der Waals surface area (Å²) < 4.78 is 14.2. The fourth-order valence-electron chi connectivity index (χ4n) is 2.57. The fourth-order valence-corrected chi connectivity index (χ4v) is 2.81. The van der Waals surface area contributed by atoms with Crippen molar-refractivity contribution in [2.24, 2.45) is 0 Å². The number of tetrazole rings is 1. The zero-order valence-electron chi connectivity index (χ0n) is 15.0. The van der Waals surface area contributed by atoms with E-state index in [0.29, 0.717) is 11.4 Å². The molecule has 0 N–H and O–H groups in total. The number of rotatable bonds is 7. The van der Waals surface area contributed by atoms with Crippen LogP contribution in [0.3, 0.4) is 0 Å². The highest BCUT2D eigenvalue weighted by Gasteiger charge is 2.09. The lowest BCUT2D eigenvalue weighted by atomic mass is 10.2. The molecule has 0 unspecified atom stereocenters. The highest BCUT2D eigenvalue weighted by Crippen LogP contribution is 2.15. The molecular weight excluding hydrogens is 350 g/mol. The van der Waals surface area contributed by atoms with Gasteiger partial charge in [0.2, 0.25) is 4.77 Å². The van der Waals surface area contributed by atoms with Gasteiger partial charge in [0.05, 0.1) is 26.6 Å². The summed E-state index contributed by atoms with van der Waals surface area (Å²) in [5.74, 6) is 1.63. The molecular formula is C18H21N5O2S. The summed E-state index contributed by atoms with van der Waals surface area (Å²) in [5.41, 5.74) is 2.03. The predicted octanol–water partition coefficient (Wildman–Crippen LogP) is 2.90. The highest BCUT2D eigenvalue weighted by atomic mass is 32.1. The van der Waals surface area contributed by atoms with Gasteiger partial charge in [-0.3, -0.25) is 4.90 Å². The molecule has 0 bridgehead atoms. The number of nitrogens with zero attached hydrogens (tertiary/aromatic N) is 5. The largest absolute Gasteiger partial charge is 0.497 e. The summed E-state index contributed by atoms with van der Waals surface area (Å²) >= 11 is 5.51. The Bertz CT molecular complexity index is 903. The Labute approximate surface area is 157 Å². The molecule has 0 amide bonds. The van der Waals surface area contributed by atoms with E-state index in [9.17, 15) is 0 Å². The molecule has 8 heteroatoms. The molecule has 0 spiro atoms. The van der Waals surface area contributed by atoms with E-state index in [1.54, 1.807) is 23.6 Å². The quantitative estimate of drug-likeness (QED) is 0.595. The van der Waals surface area contributed by atoms with Crippen LogP contribution >= 0.6 is 12.2 Å². The molecule has 0 saturated carbocycles. The summed E-state index contributed by atoms with van der Waals surface area (Å²) in [5, 5.41) is 8.34. The molecule has 3 rings (SSSR count). The lowest BCUT2D eigenvalue weighted by Gasteiger charge is -2.16. The highest BCUT2D eigenvalue weighted by molar-refractivity contribution is 7.71. The lowest BCUT2D eigenvalue weighted by molar-refractivity contribution is 0.242. The minimum atomic E-state index is 0.539. The van der Waals surface area contributed by atoms with E-state index in [1.807, 2.05) is 55.6 Å². The van der Waals surface area contributed by atoms with Crippen LogP contribution in [0.2, 0.25) is 0 Å². The molecule has 26 heavy (non-hydrogen) atoms. The van der Waals surface area contributed by atoms with Gasteiger partial charge in [-0.2, -0.15) is 4.68 Å². The molecule has 0 aliphatic rings. The van der Waals surface area contributed by atoms with Crippen molar-refractivity contribution in [3.05, 3.63) is 58.9 Å². The molecule has 0 saturated heterocycles. The van der Waals surface area contributed by atoms with E-state index >= 15 is 0 Å². The van der Waals surface area contributed by atoms with E-state index in [0.717, 1.165) is 23.7 Å². The predicted molar refractivity (Wildman–Crippen MR) is 101 cm³/mol. The molecule has 7 nitrogen and oxygen atoms in total. The third kappa shape index (κ3) is 4.09. The van der Waals surface area contributed by atoms with Gasteiger partial charge in [0.25, 0.3) is 0 Å². The van der Waals surface area contributed by atoms with Crippen LogP contribution < -0.4 is 9.47 Å². The number of benzene rings is 2. The van der Waals surface area contributed by atoms with Crippen LogP contribution in [0.5, 0.6) is 11.5 Å². The van der Waals surface area contributed by atoms with Gasteiger partial charge >= 0.3 is 0 Å². The van der Waals surface area contributed by atoms with Gasteiger partial charge in [0.15, 0.2) is 0 Å². The Kier molecular flexibility index (Phi) is 5.65. The summed E-state index contributed by atoms with van der Waals surface area (Å²) in [4.78, 5) is 2.12. The minimum Gasteiger partial charge on any atom is -0.497 e. The first kappa shape index (κ1) is 18.1. The van der Waals surface area contributed by atoms with Gasteiger partial charge in [-0.05, 0) is 71.7 Å². The third-order valence-electron chi connectivity index (χ3n) is 3.94. The van der Waals surface area contributed by atoms with Gasteiger partial charge in [0, 0.05) is 6.54 Å². The van der Waals surface area contributed by atoms with Crippen LogP contribution in [0.1, 0.15) is 5.56 Å². The average molecular weight is 371 g/mol. The Morgan fingerprint density at radius 1 is 0.923 bits per heavy atom. The maximum atomic E-state index is 5.51. The molecule has 1 heterocycles. The van der Waals surface area contributed by atoms with E-state index < -0.39 is 0 Å². The second-order valence-corrected chi connectivity index (χ2v) is 6.24. The van der Waals surface area contributed by atoms with Gasteiger partial charge in [-0.1, -0.05) is 12.1 Å². The number of hydrogen-bond donors (Lipinski definition) is 0. The van der Waals surface area contributed by atoms with Crippen LogP contribution in [-0.2, 0) is 13.2 Å². The van der Waals surface area contributed by atoms with Crippen molar-refractivity contribution in [2.75, 3.05) is 21.3 Å². The molecule has 2 aromatic carbocycles. The Hall–Kier alpha value is -2.71. The van der Waals surface area contributed by atoms with Crippen molar-refractivity contribution in [2.45, 2.75) is 13.2 Å². The van der Waals surface area contributed by atoms with Crippen LogP contribution in [0.4, 0.5) is 0 Å². The lowest BCUT2D eigenvalue weighted by Crippen LogP contribution is -2.22. The van der Waals surface area contributed by atoms with Crippen molar-refractivity contribution in [3.63, 3.8) is 0 Å². The van der Waals surface area contributed by atoms with Crippen molar-refractivity contribution >= 4 is 12.2 Å². The number of ether oxygens (including phenoxy) is 2. The van der Waals surface area contributed by atoms with Crippen molar-refractivity contribution in [1.82, 2.24) is 24.7 Å². The Morgan fingerprint density at radius 3 is 2.08 bits per heavy atom. The fraction of sp³-hybridized carbons (Fsp3) is 0.278. The van der Waals surface area contributed by atoms with Gasteiger partial charge in [-0.25, -0.2) is 4.68 Å². The van der Waals surface area contributed by atoms with Crippen LogP contribution in [0, 0.1) is 4.77 Å². The van der Waals surface area contributed by atoms with Gasteiger partial charge < -0.3 is 9.47 Å². The van der Waals surface area contributed by atoms with Crippen LogP contribution in [0.15, 0.2) is 48.5 Å². The van der Waals surface area contributed by atoms with Crippen molar-refractivity contribution in [1.29, 1.82) is 0 Å². The summed E-state index contributed by atoms with van der Waals surface area (Å²) in [6.07, 6.45) is 0. The maximum Gasteiger partial charge on any atom is 0.221 e. The standard InChI is InChI=1S/C18H21N5O2S/c1-21(12-14-4-8-16(24-2)9-5-14)13-22-18(26)23(20-19-22)15-6-10-17(25-3)11-7-15/h4-11H,12-13H2,1-3H3. The number of methoxy groups -OCH3 is 2. The topological polar surface area (TPSA) is 57.3 Å². The monoisotopic (exact) mass is 371 g/mol. The van der Waals surface area contributed by atoms with E-state index in [4.69, 9.17) is 21.7 Å². The van der Waals surface area contributed by atoms with E-state index in [1.165, 1.54) is 5.56 Å². The normalized spacial score (nSPS) is 10.9. The summed E-state index contributed by atoms with van der Waals surface area (Å²) in [7, 11) is 5.31. The molecule has 3 aromatic rings. The van der Waals surface area contributed by atoms with Gasteiger partial charge in [0.1, 0.15) is 11.5 Å². The maximum absolute atomic E-state index is 5.51. The number of aromatic nitrogens is 4. The zero-order valence-corrected chi connectivity index (χ0v) is 15.8. The molecule has 1 aromatic heterocycles. The van der Waals surface area contributed by atoms with E-state index in [2.05, 4.69) is 15.3 Å². The summed E-state index contributed by atoms with van der Waals surface area (Å²) in [6, 6.07) is 15.5. The Balaban J connectivity index is 1.69. The first-order valence-electron chi connectivity index (χ1n) is 8.09. The van der Waals surface area contributed by atoms with Crippen molar-refractivity contribution < 1.29 is 9.47 Å². The SMILES string of the molecule is COc1ccc(CN(C)Cn2nnn(-c3ccc(OC)cc3)c2=S)cc1. The average Bonchev–Trinajstić information content (AvgIpc) is 3.02. The second-order valence-electron chi connectivity index (χ2n) is 5.87. The minimum absolute atomic E-state index is 0.539. The van der Waals surface area contributed by atoms with Crippen LogP contribution in [0.25, 0.3) is 5.69 Å². The second kappa shape index (κ2) is 8.11. The van der Waals surface area contributed by atoms with E-state index in [-0.39, 0.29) is 0 Å². The smallest absolute Gasteiger partial charge is 0.221 e. The third-order valence-corrected chi connectivity index (χ3v) is 4.33. The molecule has 0 aliphatic carbocycles. The van der Waals surface area contributed by atoms with Gasteiger partial charge in [-0.15, -0.1) is 0 Å². The van der Waals surface area contributed by atoms with Crippen LogP contribution in [-0.4, -0.2) is 46.0 Å². The Morgan fingerprint density at radius 2 is 1.50 bits per heavy atom. The molecule has 0 fully saturated rings. The first-order valence-corrected chi connectivity index (χ1v) is 8.50. The molecule has 0 atom stereocenters. The first-order chi connectivity index (χ1) is 12.6. The zero-order chi connectivity index (χ0) is 18.5. The molecule has 0 aliphatic heterocycles. The molecule has 0 radical (unpaired) electrons. The number of hydrogen-bond acceptors (Lipinski definition) is 6.